The van der Waals surface area contributed by atoms with E-state index in [4.69, 9.17) is 16.3 Å². The maximum absolute atomic E-state index is 10.4. The molecule has 2 nitrogen and oxygen atoms in total. The first-order chi connectivity index (χ1) is 9.60. The lowest BCUT2D eigenvalue weighted by Crippen LogP contribution is -2.00. The van der Waals surface area contributed by atoms with Gasteiger partial charge in [0.25, 0.3) is 0 Å². The van der Waals surface area contributed by atoms with Crippen LogP contribution < -0.4 is 4.74 Å². The SMILES string of the molecule is CCCOc1ccc(C(O)c2cc(Cl)cc(Br)c2)cc1. The molecule has 0 bridgehead atoms. The van der Waals surface area contributed by atoms with Crippen LogP contribution in [-0.2, 0) is 0 Å². The summed E-state index contributed by atoms with van der Waals surface area (Å²) in [6, 6.07) is 12.9. The molecule has 0 aliphatic heterocycles. The lowest BCUT2D eigenvalue weighted by Gasteiger charge is -2.13. The van der Waals surface area contributed by atoms with Crippen molar-refractivity contribution in [3.8, 4) is 5.75 Å². The van der Waals surface area contributed by atoms with Crippen molar-refractivity contribution < 1.29 is 9.84 Å². The van der Waals surface area contributed by atoms with Crippen molar-refractivity contribution in [2.45, 2.75) is 19.4 Å². The molecule has 0 saturated heterocycles. The molecule has 106 valence electrons. The van der Waals surface area contributed by atoms with Gasteiger partial charge in [0.1, 0.15) is 11.9 Å². The highest BCUT2D eigenvalue weighted by atomic mass is 79.9. The van der Waals surface area contributed by atoms with Crippen LogP contribution in [0.5, 0.6) is 5.75 Å². The highest BCUT2D eigenvalue weighted by Crippen LogP contribution is 2.28. The van der Waals surface area contributed by atoms with Crippen molar-refractivity contribution in [3.05, 3.63) is 63.1 Å². The van der Waals surface area contributed by atoms with E-state index in [0.717, 1.165) is 27.8 Å². The summed E-state index contributed by atoms with van der Waals surface area (Å²) in [5.41, 5.74) is 1.56. The van der Waals surface area contributed by atoms with Crippen LogP contribution in [0.1, 0.15) is 30.6 Å². The number of hydrogen-bond donors (Lipinski definition) is 1. The van der Waals surface area contributed by atoms with E-state index in [1.54, 1.807) is 12.1 Å². The zero-order chi connectivity index (χ0) is 14.5. The van der Waals surface area contributed by atoms with Gasteiger partial charge in [0, 0.05) is 9.50 Å². The highest BCUT2D eigenvalue weighted by Gasteiger charge is 2.12. The van der Waals surface area contributed by atoms with E-state index in [9.17, 15) is 5.11 Å². The third-order valence-corrected chi connectivity index (χ3v) is 3.55. The van der Waals surface area contributed by atoms with Crippen molar-refractivity contribution in [1.82, 2.24) is 0 Å². The largest absolute Gasteiger partial charge is 0.494 e. The predicted octanol–water partition coefficient (Wildman–Crippen LogP) is 4.97. The molecule has 2 aromatic carbocycles. The Labute approximate surface area is 132 Å². The Bertz CT molecular complexity index is 549. The second-order valence-corrected chi connectivity index (χ2v) is 5.87. The summed E-state index contributed by atoms with van der Waals surface area (Å²) in [6.07, 6.45) is 0.270. The van der Waals surface area contributed by atoms with Crippen LogP contribution in [-0.4, -0.2) is 11.7 Å². The third kappa shape index (κ3) is 3.98. The first-order valence-corrected chi connectivity index (χ1v) is 7.64. The van der Waals surface area contributed by atoms with Gasteiger partial charge >= 0.3 is 0 Å². The molecule has 0 spiro atoms. The van der Waals surface area contributed by atoms with Crippen LogP contribution in [0.3, 0.4) is 0 Å². The Hall–Kier alpha value is -1.03. The first kappa shape index (κ1) is 15.4. The molecule has 2 rings (SSSR count). The van der Waals surface area contributed by atoms with Gasteiger partial charge in [-0.05, 0) is 47.9 Å². The smallest absolute Gasteiger partial charge is 0.119 e. The van der Waals surface area contributed by atoms with Crippen LogP contribution in [0.25, 0.3) is 0 Å². The molecule has 1 unspecified atom stereocenters. The van der Waals surface area contributed by atoms with Crippen LogP contribution in [0, 0.1) is 0 Å². The highest BCUT2D eigenvalue weighted by molar-refractivity contribution is 9.10. The molecule has 0 aromatic heterocycles. The average molecular weight is 356 g/mol. The number of rotatable bonds is 5. The number of hydrogen-bond acceptors (Lipinski definition) is 2. The Kier molecular flexibility index (Phi) is 5.46. The van der Waals surface area contributed by atoms with Crippen molar-refractivity contribution in [2.75, 3.05) is 6.61 Å². The molecule has 20 heavy (non-hydrogen) atoms. The zero-order valence-corrected chi connectivity index (χ0v) is 13.5. The molecule has 0 amide bonds. The number of aliphatic hydroxyl groups is 1. The number of benzene rings is 2. The summed E-state index contributed by atoms with van der Waals surface area (Å²) >= 11 is 9.38. The monoisotopic (exact) mass is 354 g/mol. The Morgan fingerprint density at radius 1 is 1.15 bits per heavy atom. The second kappa shape index (κ2) is 7.11. The molecule has 0 heterocycles. The van der Waals surface area contributed by atoms with E-state index in [-0.39, 0.29) is 0 Å². The molecule has 0 saturated carbocycles. The Balaban J connectivity index is 2.17. The Morgan fingerprint density at radius 3 is 2.45 bits per heavy atom. The first-order valence-electron chi connectivity index (χ1n) is 6.47. The molecule has 0 radical (unpaired) electrons. The van der Waals surface area contributed by atoms with Crippen LogP contribution in [0.2, 0.25) is 5.02 Å². The minimum atomic E-state index is -0.703. The minimum Gasteiger partial charge on any atom is -0.494 e. The lowest BCUT2D eigenvalue weighted by atomic mass is 10.0. The second-order valence-electron chi connectivity index (χ2n) is 4.52. The van der Waals surface area contributed by atoms with Crippen LogP contribution in [0.15, 0.2) is 46.9 Å². The van der Waals surface area contributed by atoms with Crippen LogP contribution >= 0.6 is 27.5 Å². The Morgan fingerprint density at radius 2 is 1.85 bits per heavy atom. The third-order valence-electron chi connectivity index (χ3n) is 2.87. The molecular weight excluding hydrogens is 340 g/mol. The van der Waals surface area contributed by atoms with Gasteiger partial charge < -0.3 is 9.84 Å². The topological polar surface area (TPSA) is 29.5 Å². The number of halogens is 2. The molecule has 0 fully saturated rings. The summed E-state index contributed by atoms with van der Waals surface area (Å²) in [6.45, 7) is 2.76. The van der Waals surface area contributed by atoms with Crippen molar-refractivity contribution in [2.24, 2.45) is 0 Å². The van der Waals surface area contributed by atoms with Crippen molar-refractivity contribution >= 4 is 27.5 Å². The van der Waals surface area contributed by atoms with Crippen LogP contribution in [0.4, 0.5) is 0 Å². The average Bonchev–Trinajstić information content (AvgIpc) is 2.44. The predicted molar refractivity (Wildman–Crippen MR) is 85.4 cm³/mol. The van der Waals surface area contributed by atoms with E-state index < -0.39 is 6.10 Å². The molecule has 4 heteroatoms. The summed E-state index contributed by atoms with van der Waals surface area (Å²) < 4.78 is 6.37. The minimum absolute atomic E-state index is 0.594. The van der Waals surface area contributed by atoms with Gasteiger partial charge in [-0.25, -0.2) is 0 Å². The number of aliphatic hydroxyl groups excluding tert-OH is 1. The fourth-order valence-corrected chi connectivity index (χ4v) is 2.78. The van der Waals surface area contributed by atoms with Gasteiger partial charge in [-0.3, -0.25) is 0 Å². The molecule has 0 aliphatic rings. The lowest BCUT2D eigenvalue weighted by molar-refractivity contribution is 0.220. The van der Waals surface area contributed by atoms with E-state index in [1.165, 1.54) is 0 Å². The van der Waals surface area contributed by atoms with Gasteiger partial charge in [0.15, 0.2) is 0 Å². The van der Waals surface area contributed by atoms with Gasteiger partial charge in [-0.2, -0.15) is 0 Å². The maximum atomic E-state index is 10.4. The zero-order valence-electron chi connectivity index (χ0n) is 11.1. The van der Waals surface area contributed by atoms with Crippen molar-refractivity contribution in [1.29, 1.82) is 0 Å². The standard InChI is InChI=1S/C16H16BrClO2/c1-2-7-20-15-5-3-11(4-6-15)16(19)12-8-13(17)10-14(18)9-12/h3-6,8-10,16,19H,2,7H2,1H3. The quantitative estimate of drug-likeness (QED) is 0.820. The fourth-order valence-electron chi connectivity index (χ4n) is 1.89. The van der Waals surface area contributed by atoms with Gasteiger partial charge in [-0.15, -0.1) is 0 Å². The number of ether oxygens (including phenoxy) is 1. The summed E-state index contributed by atoms with van der Waals surface area (Å²) in [5.74, 6) is 0.815. The van der Waals surface area contributed by atoms with E-state index in [2.05, 4.69) is 22.9 Å². The molecule has 1 atom stereocenters. The molecule has 0 aliphatic carbocycles. The van der Waals surface area contributed by atoms with E-state index in [0.29, 0.717) is 11.6 Å². The summed E-state index contributed by atoms with van der Waals surface area (Å²) in [7, 11) is 0. The summed E-state index contributed by atoms with van der Waals surface area (Å²) in [5, 5.41) is 11.0. The molecular formula is C16H16BrClO2. The molecule has 2 aromatic rings. The van der Waals surface area contributed by atoms with E-state index in [1.807, 2.05) is 30.3 Å². The van der Waals surface area contributed by atoms with Gasteiger partial charge in [0.05, 0.1) is 6.61 Å². The maximum Gasteiger partial charge on any atom is 0.119 e. The van der Waals surface area contributed by atoms with Crippen molar-refractivity contribution in [3.63, 3.8) is 0 Å². The normalized spacial score (nSPS) is 12.2. The van der Waals surface area contributed by atoms with Gasteiger partial charge in [-0.1, -0.05) is 46.6 Å². The van der Waals surface area contributed by atoms with Gasteiger partial charge in [0.2, 0.25) is 0 Å². The fraction of sp³-hybridized carbons (Fsp3) is 0.250. The molecule has 1 N–H and O–H groups in total. The summed E-state index contributed by atoms with van der Waals surface area (Å²) in [4.78, 5) is 0. The van der Waals surface area contributed by atoms with E-state index >= 15 is 0 Å².